The van der Waals surface area contributed by atoms with Gasteiger partial charge in [-0.1, -0.05) is 74.9 Å². The second-order valence-corrected chi connectivity index (χ2v) is 17.3. The quantitative estimate of drug-likeness (QED) is 0.0974. The molecule has 2 aromatic carbocycles. The molecule has 2 unspecified atom stereocenters. The molecule has 1 aromatic heterocycles. The molecule has 3 aliphatic heterocycles. The topological polar surface area (TPSA) is 194 Å². The van der Waals surface area contributed by atoms with E-state index >= 15 is 0 Å². The van der Waals surface area contributed by atoms with Crippen LogP contribution < -0.4 is 20.9 Å². The van der Waals surface area contributed by atoms with Gasteiger partial charge in [0.15, 0.2) is 0 Å². The van der Waals surface area contributed by atoms with Gasteiger partial charge in [0.1, 0.15) is 18.2 Å². The highest BCUT2D eigenvalue weighted by Gasteiger charge is 2.45. The summed E-state index contributed by atoms with van der Waals surface area (Å²) in [6.45, 7) is 5.85. The van der Waals surface area contributed by atoms with Gasteiger partial charge in [0.2, 0.25) is 23.6 Å². The third-order valence-corrected chi connectivity index (χ3v) is 12.9. The van der Waals surface area contributed by atoms with Crippen LogP contribution in [0.5, 0.6) is 0 Å². The lowest BCUT2D eigenvalue weighted by atomic mass is 9.97. The van der Waals surface area contributed by atoms with Crippen LogP contribution in [-0.2, 0) is 25.6 Å². The summed E-state index contributed by atoms with van der Waals surface area (Å²) in [6, 6.07) is 11.7. The maximum atomic E-state index is 14.0. The van der Waals surface area contributed by atoms with Crippen molar-refractivity contribution in [2.75, 3.05) is 50.7 Å². The number of piperazine rings is 1. The lowest BCUT2D eigenvalue weighted by molar-refractivity contribution is -0.136. The molecule has 2 saturated heterocycles. The van der Waals surface area contributed by atoms with Crippen LogP contribution >= 0.6 is 11.6 Å². The average molecular weight is 869 g/mol. The van der Waals surface area contributed by atoms with E-state index in [1.165, 1.54) is 6.33 Å². The monoisotopic (exact) mass is 868 g/mol. The third-order valence-electron chi connectivity index (χ3n) is 12.6. The number of carbonyl (C=O) groups is 6. The number of carbonyl (C=O) groups excluding carboxylic acids is 6. The van der Waals surface area contributed by atoms with Crippen molar-refractivity contribution in [2.45, 2.75) is 108 Å². The third kappa shape index (κ3) is 10.3. The molecule has 62 heavy (non-hydrogen) atoms. The van der Waals surface area contributed by atoms with E-state index in [4.69, 9.17) is 11.6 Å². The number of nitrogens with one attached hydrogen (secondary N) is 3. The highest BCUT2D eigenvalue weighted by Crippen LogP contribution is 2.43. The van der Waals surface area contributed by atoms with Gasteiger partial charge in [-0.3, -0.25) is 39.0 Å². The zero-order valence-electron chi connectivity index (χ0n) is 35.4. The Morgan fingerprint density at radius 2 is 1.63 bits per heavy atom. The van der Waals surface area contributed by atoms with E-state index in [9.17, 15) is 33.9 Å². The Morgan fingerprint density at radius 1 is 0.903 bits per heavy atom. The number of fused-ring (bicyclic) bond motifs is 2. The Kier molecular flexibility index (Phi) is 15.0. The molecule has 7 rings (SSSR count). The molecule has 15 nitrogen and oxygen atoms in total. The summed E-state index contributed by atoms with van der Waals surface area (Å²) in [6.07, 6.45) is 9.63. The fourth-order valence-corrected chi connectivity index (χ4v) is 9.36. The first-order valence-electron chi connectivity index (χ1n) is 22.1. The summed E-state index contributed by atoms with van der Waals surface area (Å²) in [5, 5.41) is 19.7. The number of anilines is 1. The molecule has 4 atom stereocenters. The lowest BCUT2D eigenvalue weighted by Gasteiger charge is -2.38. The van der Waals surface area contributed by atoms with E-state index < -0.39 is 41.7 Å². The summed E-state index contributed by atoms with van der Waals surface area (Å²) < 4.78 is 0. The minimum atomic E-state index is -0.971. The van der Waals surface area contributed by atoms with Crippen LogP contribution in [0.15, 0.2) is 48.8 Å². The number of aliphatic hydroxyl groups excluding tert-OH is 1. The van der Waals surface area contributed by atoms with Crippen LogP contribution in [0.4, 0.5) is 5.82 Å². The number of rotatable bonds is 19. The molecular weight excluding hydrogens is 812 g/mol. The number of hydrogen-bond donors (Lipinski definition) is 4. The summed E-state index contributed by atoms with van der Waals surface area (Å²) in [5.41, 5.74) is 4.08. The number of benzene rings is 2. The average Bonchev–Trinajstić information content (AvgIpc) is 3.71. The number of halogens is 1. The Bertz CT molecular complexity index is 2140. The van der Waals surface area contributed by atoms with Crippen LogP contribution in [0.25, 0.3) is 0 Å². The second kappa shape index (κ2) is 20.7. The molecule has 2 fully saturated rings. The highest BCUT2D eigenvalue weighted by molar-refractivity contribution is 6.30. The summed E-state index contributed by atoms with van der Waals surface area (Å²) in [7, 11) is 0. The predicted octanol–water partition coefficient (Wildman–Crippen LogP) is 4.57. The van der Waals surface area contributed by atoms with Crippen LogP contribution in [0, 0.1) is 0 Å². The van der Waals surface area contributed by atoms with E-state index in [2.05, 4.69) is 37.7 Å². The number of piperidine rings is 1. The van der Waals surface area contributed by atoms with Gasteiger partial charge >= 0.3 is 0 Å². The maximum Gasteiger partial charge on any atom is 0.262 e. The van der Waals surface area contributed by atoms with Gasteiger partial charge in [-0.05, 0) is 67.3 Å². The molecule has 0 bridgehead atoms. The Balaban J connectivity index is 0.766. The smallest absolute Gasteiger partial charge is 0.262 e. The predicted molar refractivity (Wildman–Crippen MR) is 233 cm³/mol. The van der Waals surface area contributed by atoms with E-state index in [0.717, 1.165) is 72.4 Å². The number of aliphatic hydroxyl groups is 1. The molecular formula is C46H57ClN8O7. The number of aromatic nitrogens is 2. The molecule has 4 aliphatic rings. The molecule has 3 aromatic rings. The van der Waals surface area contributed by atoms with Gasteiger partial charge in [-0.2, -0.15) is 0 Å². The standard InChI is InChI=1S/C46H57ClN8O7/c1-29-26-36(56)41-39(29)42(51-28-50-41)53-22-24-54(25-23-53)44(60)34(30-13-15-32(47)16-14-30)27-48-21-19-37(57)49-20-8-6-4-2-3-5-7-10-31-11-9-12-33-40(31)46(62)55(45(33)61)35-17-18-38(58)52-43(35)59/h9,11-16,28-29,34-36,48,56H,2-8,10,17-27H2,1H3,(H,49,57)(H,52,58,59)/t29-,34?,35?,36-/m1/s1. The number of unbranched alkanes of at least 4 members (excludes halogenated alkanes) is 6. The van der Waals surface area contributed by atoms with Crippen molar-refractivity contribution in [3.8, 4) is 0 Å². The normalized spacial score (nSPS) is 20.3. The molecule has 330 valence electrons. The molecule has 0 saturated carbocycles. The molecule has 4 heterocycles. The fraction of sp³-hybridized carbons (Fsp3) is 0.522. The molecule has 4 N–H and O–H groups in total. The Morgan fingerprint density at radius 3 is 2.37 bits per heavy atom. The second-order valence-electron chi connectivity index (χ2n) is 16.9. The van der Waals surface area contributed by atoms with E-state index in [-0.39, 0.29) is 30.6 Å². The van der Waals surface area contributed by atoms with E-state index in [1.807, 2.05) is 23.1 Å². The minimum Gasteiger partial charge on any atom is -0.387 e. The number of amides is 6. The molecule has 6 amide bonds. The van der Waals surface area contributed by atoms with Crippen molar-refractivity contribution in [3.05, 3.63) is 87.3 Å². The van der Waals surface area contributed by atoms with Crippen molar-refractivity contribution in [1.82, 2.24) is 35.7 Å². The lowest BCUT2D eigenvalue weighted by Crippen LogP contribution is -2.54. The van der Waals surface area contributed by atoms with Crippen LogP contribution in [0.3, 0.4) is 0 Å². The number of imide groups is 2. The Labute approximate surface area is 367 Å². The number of aryl methyl sites for hydroxylation is 1. The zero-order valence-corrected chi connectivity index (χ0v) is 36.1. The van der Waals surface area contributed by atoms with Crippen molar-refractivity contribution in [3.63, 3.8) is 0 Å². The van der Waals surface area contributed by atoms with Gasteiger partial charge in [0.25, 0.3) is 11.8 Å². The van der Waals surface area contributed by atoms with Crippen LogP contribution in [0.1, 0.15) is 139 Å². The van der Waals surface area contributed by atoms with Crippen molar-refractivity contribution in [2.24, 2.45) is 0 Å². The molecule has 0 radical (unpaired) electrons. The van der Waals surface area contributed by atoms with Gasteiger partial charge in [-0.15, -0.1) is 0 Å². The first-order valence-corrected chi connectivity index (χ1v) is 22.5. The van der Waals surface area contributed by atoms with Crippen LogP contribution in [0.2, 0.25) is 5.02 Å². The van der Waals surface area contributed by atoms with Crippen molar-refractivity contribution in [1.29, 1.82) is 0 Å². The summed E-state index contributed by atoms with van der Waals surface area (Å²) >= 11 is 6.18. The molecule has 0 spiro atoms. The number of hydrogen-bond acceptors (Lipinski definition) is 11. The van der Waals surface area contributed by atoms with E-state index in [0.29, 0.717) is 86.9 Å². The maximum absolute atomic E-state index is 14.0. The first kappa shape index (κ1) is 44.8. The van der Waals surface area contributed by atoms with Gasteiger partial charge < -0.3 is 25.5 Å². The summed E-state index contributed by atoms with van der Waals surface area (Å²) in [5.74, 6) is -1.39. The molecule has 1 aliphatic carbocycles. The van der Waals surface area contributed by atoms with E-state index in [1.54, 1.807) is 24.3 Å². The highest BCUT2D eigenvalue weighted by atomic mass is 35.5. The fourth-order valence-electron chi connectivity index (χ4n) is 9.24. The van der Waals surface area contributed by atoms with Crippen molar-refractivity contribution >= 4 is 52.9 Å². The summed E-state index contributed by atoms with van der Waals surface area (Å²) in [4.78, 5) is 91.1. The largest absolute Gasteiger partial charge is 0.387 e. The van der Waals surface area contributed by atoms with Crippen LogP contribution in [-0.4, -0.2) is 112 Å². The molecule has 16 heteroatoms. The minimum absolute atomic E-state index is 0.0225. The first-order chi connectivity index (χ1) is 30.0. The van der Waals surface area contributed by atoms with Gasteiger partial charge in [-0.25, -0.2) is 9.97 Å². The number of nitrogens with zero attached hydrogens (tertiary/aromatic N) is 5. The Hall–Kier alpha value is -5.25. The zero-order chi connectivity index (χ0) is 43.8. The van der Waals surface area contributed by atoms with Gasteiger partial charge in [0.05, 0.1) is 28.8 Å². The SMILES string of the molecule is C[C@@H]1C[C@@H](O)c2ncnc(N3CCN(C(=O)C(CNCCC(=O)NCCCCCCCCCc4cccc5c4C(=O)N(C4CCC(=O)NC4=O)C5=O)c4ccc(Cl)cc4)CC3)c21. The van der Waals surface area contributed by atoms with Crippen molar-refractivity contribution < 1.29 is 33.9 Å². The van der Waals surface area contributed by atoms with Gasteiger partial charge in [0, 0.05) is 69.2 Å².